The Balaban J connectivity index is 1.82. The Kier molecular flexibility index (Phi) is 3.78. The lowest BCUT2D eigenvalue weighted by Crippen LogP contribution is -2.63. The molecule has 0 saturated carbocycles. The van der Waals surface area contributed by atoms with Crippen molar-refractivity contribution in [2.45, 2.75) is 25.3 Å². The number of β-lactam (4-membered cyclic amide) rings is 1. The Bertz CT molecular complexity index is 711. The van der Waals surface area contributed by atoms with Gasteiger partial charge in [-0.15, -0.1) is 11.8 Å². The van der Waals surface area contributed by atoms with Crippen molar-refractivity contribution >= 4 is 29.7 Å². The third-order valence-corrected chi connectivity index (χ3v) is 5.19. The van der Waals surface area contributed by atoms with Crippen LogP contribution in [0.1, 0.15) is 19.4 Å². The number of thioether (sulfide) groups is 1. The maximum Gasteiger partial charge on any atom is 0.256 e. The Morgan fingerprint density at radius 2 is 2.18 bits per heavy atom. The lowest BCUT2D eigenvalue weighted by Gasteiger charge is -2.48. The van der Waals surface area contributed by atoms with Gasteiger partial charge >= 0.3 is 0 Å². The van der Waals surface area contributed by atoms with Crippen molar-refractivity contribution in [3.8, 4) is 5.75 Å². The van der Waals surface area contributed by atoms with Crippen LogP contribution in [-0.2, 0) is 9.59 Å². The maximum absolute atomic E-state index is 12.3. The number of allylic oxidation sites excluding steroid dienone is 1. The van der Waals surface area contributed by atoms with E-state index in [1.807, 2.05) is 6.92 Å². The molecule has 114 valence electrons. The number of fused-ring (bicyclic) bond motifs is 1. The van der Waals surface area contributed by atoms with E-state index < -0.39 is 6.04 Å². The number of carbonyl (C=O) groups is 2. The van der Waals surface area contributed by atoms with Crippen molar-refractivity contribution < 1.29 is 14.7 Å². The van der Waals surface area contributed by atoms with E-state index in [0.717, 1.165) is 11.3 Å². The van der Waals surface area contributed by atoms with Gasteiger partial charge in [-0.3, -0.25) is 19.5 Å². The molecule has 0 radical (unpaired) electrons. The number of aromatic hydroxyl groups is 1. The third kappa shape index (κ3) is 2.33. The molecule has 22 heavy (non-hydrogen) atoms. The van der Waals surface area contributed by atoms with Gasteiger partial charge in [-0.2, -0.15) is 0 Å². The molecule has 1 fully saturated rings. The normalized spacial score (nSPS) is 24.5. The average molecular weight is 316 g/mol. The Morgan fingerprint density at radius 3 is 2.86 bits per heavy atom. The molecular weight excluding hydrogens is 300 g/mol. The zero-order valence-corrected chi connectivity index (χ0v) is 13.1. The van der Waals surface area contributed by atoms with Gasteiger partial charge in [0, 0.05) is 24.5 Å². The van der Waals surface area contributed by atoms with Crippen molar-refractivity contribution in [2.75, 3.05) is 5.75 Å². The second-order valence-corrected chi connectivity index (χ2v) is 6.48. The fraction of sp³-hybridized carbons (Fsp3) is 0.312. The van der Waals surface area contributed by atoms with E-state index in [4.69, 9.17) is 0 Å². The molecule has 3 rings (SSSR count). The Morgan fingerprint density at radius 1 is 1.45 bits per heavy atom. The number of amides is 1. The van der Waals surface area contributed by atoms with Crippen molar-refractivity contribution in [2.24, 2.45) is 4.99 Å². The number of hydrogen-bond acceptors (Lipinski definition) is 5. The van der Waals surface area contributed by atoms with Gasteiger partial charge in [0.25, 0.3) is 5.91 Å². The number of ketones is 1. The molecule has 1 N–H and O–H groups in total. The summed E-state index contributed by atoms with van der Waals surface area (Å²) >= 11 is 1.61. The highest BCUT2D eigenvalue weighted by Crippen LogP contribution is 2.41. The zero-order chi connectivity index (χ0) is 15.9. The number of phenols is 1. The molecule has 2 aliphatic rings. The molecular formula is C16H16N2O3S. The highest BCUT2D eigenvalue weighted by molar-refractivity contribution is 8.00. The van der Waals surface area contributed by atoms with Gasteiger partial charge in [-0.1, -0.05) is 12.1 Å². The second kappa shape index (κ2) is 5.61. The largest absolute Gasteiger partial charge is 0.507 e. The first kappa shape index (κ1) is 14.8. The molecule has 0 unspecified atom stereocenters. The van der Waals surface area contributed by atoms with Crippen LogP contribution in [0.4, 0.5) is 0 Å². The first-order valence-corrected chi connectivity index (χ1v) is 8.02. The number of benzene rings is 1. The summed E-state index contributed by atoms with van der Waals surface area (Å²) in [7, 11) is 0. The fourth-order valence-corrected chi connectivity index (χ4v) is 3.99. The molecule has 2 heterocycles. The van der Waals surface area contributed by atoms with Gasteiger partial charge in [0.05, 0.1) is 5.70 Å². The van der Waals surface area contributed by atoms with Gasteiger partial charge in [0.2, 0.25) is 0 Å². The van der Waals surface area contributed by atoms with E-state index in [1.54, 1.807) is 40.9 Å². The molecule has 0 aromatic heterocycles. The lowest BCUT2D eigenvalue weighted by molar-refractivity contribution is -0.143. The van der Waals surface area contributed by atoms with Crippen LogP contribution in [0.2, 0.25) is 0 Å². The smallest absolute Gasteiger partial charge is 0.256 e. The van der Waals surface area contributed by atoms with Gasteiger partial charge in [-0.25, -0.2) is 0 Å². The first-order chi connectivity index (χ1) is 10.5. The van der Waals surface area contributed by atoms with E-state index in [-0.39, 0.29) is 22.8 Å². The van der Waals surface area contributed by atoms with Crippen LogP contribution in [0.15, 0.2) is 40.5 Å². The minimum Gasteiger partial charge on any atom is -0.507 e. The van der Waals surface area contributed by atoms with Crippen LogP contribution in [-0.4, -0.2) is 45.1 Å². The van der Waals surface area contributed by atoms with Crippen LogP contribution in [0.5, 0.6) is 5.75 Å². The number of rotatable bonds is 3. The molecule has 0 aliphatic carbocycles. The number of Topliss-reactive ketones (excluding diaryl/α,β-unsaturated/α-hetero) is 1. The van der Waals surface area contributed by atoms with Crippen molar-refractivity contribution in [1.29, 1.82) is 0 Å². The number of nitrogens with zero attached hydrogens (tertiary/aromatic N) is 2. The summed E-state index contributed by atoms with van der Waals surface area (Å²) in [5.41, 5.74) is 2.03. The predicted molar refractivity (Wildman–Crippen MR) is 86.0 cm³/mol. The van der Waals surface area contributed by atoms with E-state index in [9.17, 15) is 14.7 Å². The summed E-state index contributed by atoms with van der Waals surface area (Å²) in [6.07, 6.45) is 1.52. The SMILES string of the molecule is CC(=O)C1=C(C)CS[C@@H]2[C@H](N=Cc3ccccc3O)C(=O)N12. The molecule has 1 saturated heterocycles. The second-order valence-electron chi connectivity index (χ2n) is 5.38. The molecule has 2 aliphatic heterocycles. The zero-order valence-electron chi connectivity index (χ0n) is 12.3. The molecule has 1 aromatic carbocycles. The number of aliphatic imine (C=N–C) groups is 1. The molecule has 2 atom stereocenters. The summed E-state index contributed by atoms with van der Waals surface area (Å²) in [5, 5.41) is 9.59. The standard InChI is InChI=1S/C16H16N2O3S/c1-9-8-22-16-13(15(21)18(16)14(9)10(2)19)17-7-11-5-3-4-6-12(11)20/h3-7,13,16,20H,8H2,1-2H3/t13-,16-/m1/s1. The van der Waals surface area contributed by atoms with E-state index >= 15 is 0 Å². The Hall–Kier alpha value is -2.08. The summed E-state index contributed by atoms with van der Waals surface area (Å²) in [5.74, 6) is 0.616. The summed E-state index contributed by atoms with van der Waals surface area (Å²) in [6, 6.07) is 6.34. The topological polar surface area (TPSA) is 70.0 Å². The fourth-order valence-electron chi connectivity index (χ4n) is 2.70. The molecule has 0 spiro atoms. The quantitative estimate of drug-likeness (QED) is 0.683. The number of phenolic OH excluding ortho intramolecular Hbond substituents is 1. The van der Waals surface area contributed by atoms with Crippen molar-refractivity contribution in [3.63, 3.8) is 0 Å². The van der Waals surface area contributed by atoms with Crippen LogP contribution in [0, 0.1) is 0 Å². The number of hydrogen-bond donors (Lipinski definition) is 1. The molecule has 1 aromatic rings. The van der Waals surface area contributed by atoms with Crippen molar-refractivity contribution in [1.82, 2.24) is 4.90 Å². The highest BCUT2D eigenvalue weighted by atomic mass is 32.2. The first-order valence-electron chi connectivity index (χ1n) is 6.97. The average Bonchev–Trinajstić information content (AvgIpc) is 2.49. The number of para-hydroxylation sites is 1. The summed E-state index contributed by atoms with van der Waals surface area (Å²) in [4.78, 5) is 29.9. The van der Waals surface area contributed by atoms with E-state index in [0.29, 0.717) is 11.3 Å². The lowest BCUT2D eigenvalue weighted by atomic mass is 10.0. The minimum atomic E-state index is -0.493. The monoisotopic (exact) mass is 316 g/mol. The molecule has 0 bridgehead atoms. The maximum atomic E-state index is 12.3. The number of carbonyl (C=O) groups excluding carboxylic acids is 2. The molecule has 5 nitrogen and oxygen atoms in total. The van der Waals surface area contributed by atoms with Gasteiger partial charge in [-0.05, 0) is 24.6 Å². The van der Waals surface area contributed by atoms with E-state index in [2.05, 4.69) is 4.99 Å². The van der Waals surface area contributed by atoms with Crippen LogP contribution >= 0.6 is 11.8 Å². The van der Waals surface area contributed by atoms with E-state index in [1.165, 1.54) is 13.1 Å². The van der Waals surface area contributed by atoms with Crippen LogP contribution in [0.3, 0.4) is 0 Å². The van der Waals surface area contributed by atoms with Crippen molar-refractivity contribution in [3.05, 3.63) is 41.1 Å². The van der Waals surface area contributed by atoms with Gasteiger partial charge in [0.15, 0.2) is 11.8 Å². The molecule has 1 amide bonds. The summed E-state index contributed by atoms with van der Waals surface area (Å²) < 4.78 is 0. The summed E-state index contributed by atoms with van der Waals surface area (Å²) in [6.45, 7) is 3.36. The minimum absolute atomic E-state index is 0.0840. The van der Waals surface area contributed by atoms with Crippen LogP contribution in [0.25, 0.3) is 0 Å². The van der Waals surface area contributed by atoms with Crippen LogP contribution < -0.4 is 0 Å². The van der Waals surface area contributed by atoms with Gasteiger partial charge < -0.3 is 5.11 Å². The Labute approximate surface area is 132 Å². The van der Waals surface area contributed by atoms with Gasteiger partial charge in [0.1, 0.15) is 11.1 Å². The predicted octanol–water partition coefficient (Wildman–Crippen LogP) is 1.96. The molecule has 6 heteroatoms. The third-order valence-electron chi connectivity index (χ3n) is 3.78. The highest BCUT2D eigenvalue weighted by Gasteiger charge is 2.52.